The molecule has 0 aliphatic heterocycles. The Morgan fingerprint density at radius 1 is 0.659 bits per heavy atom. The van der Waals surface area contributed by atoms with Gasteiger partial charge in [0.05, 0.1) is 11.0 Å². The van der Waals surface area contributed by atoms with E-state index in [0.717, 1.165) is 27.4 Å². The number of furan rings is 1. The van der Waals surface area contributed by atoms with Crippen LogP contribution in [0.5, 0.6) is 0 Å². The minimum atomic E-state index is -0.440. The summed E-state index contributed by atoms with van der Waals surface area (Å²) in [4.78, 5) is 0. The van der Waals surface area contributed by atoms with E-state index < -0.39 is 5.41 Å². The first-order valence-electron chi connectivity index (χ1n) is 14.3. The molecule has 0 bridgehead atoms. The van der Waals surface area contributed by atoms with Gasteiger partial charge in [0.25, 0.3) is 0 Å². The third-order valence-electron chi connectivity index (χ3n) is 9.66. The number of hydrogen-bond donors (Lipinski definition) is 0. The molecule has 1 radical (unpaired) electrons. The maximum Gasteiger partial charge on any atom is 0.330 e. The van der Waals surface area contributed by atoms with Crippen molar-refractivity contribution in [2.24, 2.45) is 0 Å². The van der Waals surface area contributed by atoms with Crippen molar-refractivity contribution in [3.05, 3.63) is 125 Å². The lowest BCUT2D eigenvalue weighted by Gasteiger charge is -2.39. The molecule has 41 heavy (non-hydrogen) atoms. The first-order valence-corrected chi connectivity index (χ1v) is 14.9. The van der Waals surface area contributed by atoms with Crippen LogP contribution in [0.3, 0.4) is 0 Å². The Morgan fingerprint density at radius 3 is 2.10 bits per heavy atom. The van der Waals surface area contributed by atoms with Gasteiger partial charge in [-0.25, -0.2) is 0 Å². The minimum absolute atomic E-state index is 0.0844. The number of fused-ring (bicyclic) bond motifs is 14. The normalized spacial score (nSPS) is 17.1. The Kier molecular flexibility index (Phi) is 5.17. The molecule has 2 nitrogen and oxygen atoms in total. The molecule has 0 N–H and O–H groups in total. The lowest BCUT2D eigenvalue weighted by Crippen LogP contribution is -2.45. The van der Waals surface area contributed by atoms with E-state index in [4.69, 9.17) is 9.07 Å². The van der Waals surface area contributed by atoms with Crippen molar-refractivity contribution in [3.63, 3.8) is 0 Å². The van der Waals surface area contributed by atoms with Crippen LogP contribution in [0.15, 0.2) is 108 Å². The van der Waals surface area contributed by atoms with E-state index in [1.54, 1.807) is 0 Å². The second-order valence-corrected chi connectivity index (χ2v) is 14.0. The van der Waals surface area contributed by atoms with Crippen molar-refractivity contribution >= 4 is 44.1 Å². The van der Waals surface area contributed by atoms with Gasteiger partial charge >= 0.3 is 7.48 Å². The van der Waals surface area contributed by atoms with Crippen molar-refractivity contribution in [2.45, 2.75) is 43.9 Å². The summed E-state index contributed by atoms with van der Waals surface area (Å²) in [5, 5.41) is 2.24. The third kappa shape index (κ3) is 3.28. The maximum absolute atomic E-state index is 6.63. The van der Waals surface area contributed by atoms with Gasteiger partial charge in [0.1, 0.15) is 11.2 Å². The molecule has 4 heteroatoms. The number of para-hydroxylation sites is 1. The Bertz CT molecular complexity index is 2030. The summed E-state index contributed by atoms with van der Waals surface area (Å²) < 4.78 is 13.1. The highest BCUT2D eigenvalue weighted by atomic mass is 31.0. The van der Waals surface area contributed by atoms with Gasteiger partial charge in [-0.05, 0) is 58.9 Å². The van der Waals surface area contributed by atoms with E-state index in [1.165, 1.54) is 44.5 Å². The van der Waals surface area contributed by atoms with Gasteiger partial charge in [0.2, 0.25) is 0 Å². The summed E-state index contributed by atoms with van der Waals surface area (Å²) in [6, 6.07) is 37.6. The van der Waals surface area contributed by atoms with E-state index >= 15 is 0 Å². The van der Waals surface area contributed by atoms with Gasteiger partial charge in [-0.15, -0.1) is 9.24 Å². The van der Waals surface area contributed by atoms with Crippen molar-refractivity contribution < 1.29 is 9.07 Å². The van der Waals surface area contributed by atoms with E-state index in [1.807, 2.05) is 13.5 Å². The van der Waals surface area contributed by atoms with Gasteiger partial charge in [-0.3, -0.25) is 0 Å². The maximum atomic E-state index is 6.63. The van der Waals surface area contributed by atoms with Crippen LogP contribution in [0.4, 0.5) is 0 Å². The van der Waals surface area contributed by atoms with Gasteiger partial charge in [0.15, 0.2) is 0 Å². The molecule has 2 atom stereocenters. The first-order chi connectivity index (χ1) is 19.7. The van der Waals surface area contributed by atoms with Gasteiger partial charge in [-0.1, -0.05) is 116 Å². The quantitative estimate of drug-likeness (QED) is 0.162. The average molecular weight is 549 g/mol. The molecule has 2 aliphatic rings. The molecular weight excluding hydrogens is 518 g/mol. The van der Waals surface area contributed by atoms with Gasteiger partial charge < -0.3 is 9.07 Å². The molecule has 1 spiro atoms. The number of hydrogen-bond acceptors (Lipinski definition) is 2. The SMILES string of the molecule is CC(C)(P)C(C)(C)O[B]c1ccc2c(c1)C1(c3ccccc3-2)c2ccccc2-c2c1ccc1c2oc2ccccc21. The number of benzene rings is 5. The van der Waals surface area contributed by atoms with Gasteiger partial charge in [-0.2, -0.15) is 0 Å². The Morgan fingerprint density at radius 2 is 1.32 bits per heavy atom. The molecule has 0 saturated carbocycles. The predicted octanol–water partition coefficient (Wildman–Crippen LogP) is 8.62. The van der Waals surface area contributed by atoms with Crippen LogP contribution in [0.2, 0.25) is 0 Å². The predicted molar refractivity (Wildman–Crippen MR) is 174 cm³/mol. The molecule has 5 aromatic carbocycles. The molecule has 1 heterocycles. The summed E-state index contributed by atoms with van der Waals surface area (Å²) in [6.45, 7) is 8.66. The highest BCUT2D eigenvalue weighted by Crippen LogP contribution is 2.63. The molecule has 0 fully saturated rings. The molecule has 0 amide bonds. The van der Waals surface area contributed by atoms with Gasteiger partial charge in [0, 0.05) is 21.5 Å². The Labute approximate surface area is 244 Å². The van der Waals surface area contributed by atoms with Crippen LogP contribution in [0.1, 0.15) is 49.9 Å². The second-order valence-electron chi connectivity index (χ2n) is 12.6. The lowest BCUT2D eigenvalue weighted by molar-refractivity contribution is 0.0841. The fourth-order valence-electron chi connectivity index (χ4n) is 6.86. The summed E-state index contributed by atoms with van der Waals surface area (Å²) in [5.74, 6) is 0. The zero-order chi connectivity index (χ0) is 28.1. The van der Waals surface area contributed by atoms with Crippen molar-refractivity contribution in [2.75, 3.05) is 0 Å². The van der Waals surface area contributed by atoms with Crippen LogP contribution < -0.4 is 5.46 Å². The summed E-state index contributed by atoms with van der Waals surface area (Å²) in [7, 11) is 4.86. The first kappa shape index (κ1) is 25.1. The fraction of sp³-hybridized carbons (Fsp3) is 0.189. The Balaban J connectivity index is 1.41. The van der Waals surface area contributed by atoms with Crippen molar-refractivity contribution in [1.82, 2.24) is 0 Å². The van der Waals surface area contributed by atoms with Crippen molar-refractivity contribution in [3.8, 4) is 22.3 Å². The molecule has 199 valence electrons. The monoisotopic (exact) mass is 549 g/mol. The summed E-state index contributed by atoms with van der Waals surface area (Å²) >= 11 is 0. The number of rotatable bonds is 4. The zero-order valence-corrected chi connectivity index (χ0v) is 24.9. The zero-order valence-electron chi connectivity index (χ0n) is 23.8. The standard InChI is InChI=1S/C37H31BO2P/c1-35(2,36(3,4)41)40-38-22-17-18-24-23-11-5-8-14-28(23)37(31(24)21-22)29-15-9-6-13-27(29)33-30(37)20-19-26-25-12-7-10-16-32(25)39-34(26)33/h5-21H,41H2,1-4H3. The van der Waals surface area contributed by atoms with Crippen LogP contribution >= 0.6 is 9.24 Å². The summed E-state index contributed by atoms with van der Waals surface area (Å²) in [5.41, 5.74) is 12.4. The highest BCUT2D eigenvalue weighted by Gasteiger charge is 2.52. The van der Waals surface area contributed by atoms with E-state index in [0.29, 0.717) is 0 Å². The Hall–Kier alpha value is -3.65. The van der Waals surface area contributed by atoms with Crippen molar-refractivity contribution in [1.29, 1.82) is 0 Å². The largest absolute Gasteiger partial charge is 0.455 e. The van der Waals surface area contributed by atoms with E-state index in [-0.39, 0.29) is 10.8 Å². The van der Waals surface area contributed by atoms with Crippen LogP contribution in [0, 0.1) is 0 Å². The second kappa shape index (κ2) is 8.45. The smallest absolute Gasteiger partial charge is 0.330 e. The molecule has 6 aromatic rings. The molecule has 0 saturated heterocycles. The summed E-state index contributed by atoms with van der Waals surface area (Å²) in [6.07, 6.45) is 0. The molecule has 1 aromatic heterocycles. The van der Waals surface area contributed by atoms with Crippen LogP contribution in [0.25, 0.3) is 44.2 Å². The van der Waals surface area contributed by atoms with E-state index in [9.17, 15) is 0 Å². The topological polar surface area (TPSA) is 22.4 Å². The molecular formula is C37H31BO2P. The third-order valence-corrected chi connectivity index (χ3v) is 10.4. The molecule has 2 unspecified atom stereocenters. The fourth-order valence-corrected chi connectivity index (χ4v) is 6.93. The van der Waals surface area contributed by atoms with Crippen LogP contribution in [-0.2, 0) is 10.1 Å². The molecule has 8 rings (SSSR count). The van der Waals surface area contributed by atoms with E-state index in [2.05, 4.69) is 134 Å². The average Bonchev–Trinajstić information content (AvgIpc) is 3.59. The molecule has 2 aliphatic carbocycles. The lowest BCUT2D eigenvalue weighted by atomic mass is 9.69. The van der Waals surface area contributed by atoms with Crippen LogP contribution in [-0.4, -0.2) is 18.2 Å². The highest BCUT2D eigenvalue weighted by molar-refractivity contribution is 7.19. The minimum Gasteiger partial charge on any atom is -0.455 e.